The summed E-state index contributed by atoms with van der Waals surface area (Å²) in [7, 11) is 1.61. The van der Waals surface area contributed by atoms with E-state index in [0.717, 1.165) is 22.5 Å². The molecule has 0 radical (unpaired) electrons. The number of para-hydroxylation sites is 2. The first-order valence-corrected chi connectivity index (χ1v) is 11.2. The Hall–Kier alpha value is -3.25. The Morgan fingerprint density at radius 3 is 2.48 bits per heavy atom. The van der Waals surface area contributed by atoms with Crippen molar-refractivity contribution in [1.29, 1.82) is 0 Å². The molecule has 5 nitrogen and oxygen atoms in total. The molecule has 6 heteroatoms. The first-order valence-electron chi connectivity index (χ1n) is 10.2. The number of rotatable bonds is 7. The van der Waals surface area contributed by atoms with Gasteiger partial charge in [-0.3, -0.25) is 14.5 Å². The van der Waals surface area contributed by atoms with E-state index in [0.29, 0.717) is 24.3 Å². The van der Waals surface area contributed by atoms with Crippen LogP contribution in [0.4, 0.5) is 11.4 Å². The predicted octanol–water partition coefficient (Wildman–Crippen LogP) is 5.05. The number of carbonyl (C=O) groups excluding carboxylic acids is 2. The van der Waals surface area contributed by atoms with Crippen LogP contribution in [0.1, 0.15) is 22.9 Å². The van der Waals surface area contributed by atoms with Crippen LogP contribution in [0.2, 0.25) is 0 Å². The van der Waals surface area contributed by atoms with E-state index < -0.39 is 0 Å². The van der Waals surface area contributed by atoms with Gasteiger partial charge in [-0.25, -0.2) is 0 Å². The van der Waals surface area contributed by atoms with Gasteiger partial charge in [0.25, 0.3) is 0 Å². The fraction of sp³-hybridized carbons (Fsp3) is 0.200. The van der Waals surface area contributed by atoms with Crippen LogP contribution >= 0.6 is 11.8 Å². The van der Waals surface area contributed by atoms with Crippen molar-refractivity contribution in [2.24, 2.45) is 0 Å². The van der Waals surface area contributed by atoms with Crippen LogP contribution in [-0.4, -0.2) is 24.7 Å². The number of nitrogens with zero attached hydrogens (tertiary/aromatic N) is 1. The maximum atomic E-state index is 12.6. The number of hydrogen-bond donors (Lipinski definition) is 1. The number of aryl methyl sites for hydroxylation is 1. The predicted molar refractivity (Wildman–Crippen MR) is 126 cm³/mol. The quantitative estimate of drug-likeness (QED) is 0.568. The zero-order valence-electron chi connectivity index (χ0n) is 17.3. The molecular formula is C25H24N2O3S. The van der Waals surface area contributed by atoms with Crippen molar-refractivity contribution in [1.82, 2.24) is 0 Å². The highest BCUT2D eigenvalue weighted by Crippen LogP contribution is 2.44. The molecule has 158 valence electrons. The van der Waals surface area contributed by atoms with E-state index in [-0.39, 0.29) is 17.2 Å². The molecule has 31 heavy (non-hydrogen) atoms. The first kappa shape index (κ1) is 21.0. The van der Waals surface area contributed by atoms with Crippen molar-refractivity contribution < 1.29 is 14.3 Å². The van der Waals surface area contributed by atoms with Gasteiger partial charge >= 0.3 is 0 Å². The van der Waals surface area contributed by atoms with Crippen LogP contribution in [0.3, 0.4) is 0 Å². The van der Waals surface area contributed by atoms with Crippen LogP contribution in [0.25, 0.3) is 0 Å². The topological polar surface area (TPSA) is 58.6 Å². The highest BCUT2D eigenvalue weighted by Gasteiger charge is 2.35. The molecule has 1 aliphatic heterocycles. The Morgan fingerprint density at radius 1 is 1.03 bits per heavy atom. The van der Waals surface area contributed by atoms with Crippen LogP contribution in [0, 0.1) is 0 Å². The van der Waals surface area contributed by atoms with Gasteiger partial charge in [0.1, 0.15) is 11.1 Å². The van der Waals surface area contributed by atoms with E-state index in [9.17, 15) is 9.59 Å². The van der Waals surface area contributed by atoms with Crippen molar-refractivity contribution >= 4 is 35.0 Å². The third kappa shape index (κ3) is 4.91. The second-order valence-electron chi connectivity index (χ2n) is 7.25. The number of amides is 2. The molecular weight excluding hydrogens is 408 g/mol. The summed E-state index contributed by atoms with van der Waals surface area (Å²) in [4.78, 5) is 26.7. The zero-order chi connectivity index (χ0) is 21.6. The lowest BCUT2D eigenvalue weighted by Gasteiger charge is -2.26. The molecule has 1 atom stereocenters. The fourth-order valence-corrected chi connectivity index (χ4v) is 4.79. The molecule has 1 saturated heterocycles. The van der Waals surface area contributed by atoms with E-state index in [1.54, 1.807) is 23.8 Å². The third-order valence-corrected chi connectivity index (χ3v) is 6.39. The van der Waals surface area contributed by atoms with E-state index in [1.807, 2.05) is 78.9 Å². The number of nitrogens with one attached hydrogen (secondary N) is 1. The number of ether oxygens (including phenoxy) is 1. The number of thioether (sulfide) groups is 1. The molecule has 1 fully saturated rings. The van der Waals surface area contributed by atoms with E-state index in [4.69, 9.17) is 4.74 Å². The summed E-state index contributed by atoms with van der Waals surface area (Å²) in [6.45, 7) is 0. The summed E-state index contributed by atoms with van der Waals surface area (Å²) < 4.78 is 5.46. The summed E-state index contributed by atoms with van der Waals surface area (Å²) in [5, 5.41) is 2.82. The second kappa shape index (κ2) is 9.71. The molecule has 0 saturated carbocycles. The largest absolute Gasteiger partial charge is 0.495 e. The normalized spacial score (nSPS) is 15.7. The molecule has 1 aliphatic rings. The molecule has 2 amide bonds. The lowest BCUT2D eigenvalue weighted by molar-refractivity contribution is -0.116. The second-order valence-corrected chi connectivity index (χ2v) is 8.32. The van der Waals surface area contributed by atoms with Crippen LogP contribution in [-0.2, 0) is 16.0 Å². The van der Waals surface area contributed by atoms with E-state index >= 15 is 0 Å². The monoisotopic (exact) mass is 432 g/mol. The Kier molecular flexibility index (Phi) is 6.57. The zero-order valence-corrected chi connectivity index (χ0v) is 18.1. The van der Waals surface area contributed by atoms with Gasteiger partial charge in [0.2, 0.25) is 11.8 Å². The summed E-state index contributed by atoms with van der Waals surface area (Å²) in [5.74, 6) is 1.13. The van der Waals surface area contributed by atoms with E-state index in [1.165, 1.54) is 0 Å². The molecule has 4 rings (SSSR count). The molecule has 1 unspecified atom stereocenters. The van der Waals surface area contributed by atoms with Gasteiger partial charge in [-0.15, -0.1) is 11.8 Å². The summed E-state index contributed by atoms with van der Waals surface area (Å²) in [6.07, 6.45) is 1.14. The Bertz CT molecular complexity index is 1050. The average Bonchev–Trinajstić information content (AvgIpc) is 3.20. The standard InChI is InChI=1S/C25H24N2O3S/c1-30-22-10-6-5-9-21(22)27-24(29)17-31-25(27)19-12-14-20(15-13-19)26-23(28)16-11-18-7-3-2-4-8-18/h2-10,12-15,25H,11,16-17H2,1H3,(H,26,28). The van der Waals surface area contributed by atoms with Gasteiger partial charge in [0.05, 0.1) is 18.6 Å². The number of anilines is 2. The minimum atomic E-state index is -0.133. The van der Waals surface area contributed by atoms with Gasteiger partial charge in [-0.2, -0.15) is 0 Å². The van der Waals surface area contributed by atoms with Gasteiger partial charge in [0.15, 0.2) is 0 Å². The van der Waals surface area contributed by atoms with Crippen molar-refractivity contribution in [3.8, 4) is 5.75 Å². The molecule has 0 bridgehead atoms. The number of carbonyl (C=O) groups is 2. The molecule has 1 heterocycles. The van der Waals surface area contributed by atoms with E-state index in [2.05, 4.69) is 5.32 Å². The van der Waals surface area contributed by atoms with Gasteiger partial charge in [-0.1, -0.05) is 54.6 Å². The van der Waals surface area contributed by atoms with Crippen molar-refractivity contribution in [2.75, 3.05) is 23.1 Å². The average molecular weight is 433 g/mol. The highest BCUT2D eigenvalue weighted by molar-refractivity contribution is 8.00. The maximum absolute atomic E-state index is 12.6. The molecule has 1 N–H and O–H groups in total. The Labute approximate surface area is 186 Å². The minimum absolute atomic E-state index is 0.0160. The molecule has 3 aromatic carbocycles. The highest BCUT2D eigenvalue weighted by atomic mass is 32.2. The minimum Gasteiger partial charge on any atom is -0.495 e. The summed E-state index contributed by atoms with van der Waals surface area (Å²) in [5.41, 5.74) is 3.67. The summed E-state index contributed by atoms with van der Waals surface area (Å²) >= 11 is 1.58. The summed E-state index contributed by atoms with van der Waals surface area (Å²) in [6, 6.07) is 25.2. The lowest BCUT2D eigenvalue weighted by atomic mass is 10.1. The van der Waals surface area contributed by atoms with Crippen molar-refractivity contribution in [3.05, 3.63) is 90.0 Å². The van der Waals surface area contributed by atoms with Crippen LogP contribution in [0.15, 0.2) is 78.9 Å². The van der Waals surface area contributed by atoms with Crippen molar-refractivity contribution in [2.45, 2.75) is 18.2 Å². The molecule has 0 spiro atoms. The van der Waals surface area contributed by atoms with Gasteiger partial charge in [0, 0.05) is 12.1 Å². The molecule has 3 aromatic rings. The van der Waals surface area contributed by atoms with Crippen LogP contribution < -0.4 is 15.0 Å². The molecule has 0 aliphatic carbocycles. The fourth-order valence-electron chi connectivity index (χ4n) is 3.62. The number of hydrogen-bond acceptors (Lipinski definition) is 4. The number of methoxy groups -OCH3 is 1. The number of benzene rings is 3. The van der Waals surface area contributed by atoms with Crippen LogP contribution in [0.5, 0.6) is 5.75 Å². The molecule has 0 aromatic heterocycles. The Morgan fingerprint density at radius 2 is 1.74 bits per heavy atom. The van der Waals surface area contributed by atoms with Crippen molar-refractivity contribution in [3.63, 3.8) is 0 Å². The maximum Gasteiger partial charge on any atom is 0.238 e. The third-order valence-electron chi connectivity index (χ3n) is 5.18. The van der Waals surface area contributed by atoms with Gasteiger partial charge in [-0.05, 0) is 41.8 Å². The lowest BCUT2D eigenvalue weighted by Crippen LogP contribution is -2.28. The smallest absolute Gasteiger partial charge is 0.238 e. The Balaban J connectivity index is 1.43. The SMILES string of the molecule is COc1ccccc1N1C(=O)CSC1c1ccc(NC(=O)CCc2ccccc2)cc1. The van der Waals surface area contributed by atoms with Gasteiger partial charge < -0.3 is 10.1 Å². The first-order chi connectivity index (χ1) is 15.2.